The highest BCUT2D eigenvalue weighted by atomic mass is 127. The van der Waals surface area contributed by atoms with E-state index in [0.29, 0.717) is 47.9 Å². The molecule has 9 nitrogen and oxygen atoms in total. The van der Waals surface area contributed by atoms with E-state index in [0.717, 1.165) is 7.14 Å². The molecule has 2 aromatic carbocycles. The number of hydrogen-bond donors (Lipinski definition) is 0. The van der Waals surface area contributed by atoms with Crippen molar-refractivity contribution in [2.45, 2.75) is 19.9 Å². The number of aromatic nitrogens is 1. The fourth-order valence-electron chi connectivity index (χ4n) is 4.25. The van der Waals surface area contributed by atoms with Gasteiger partial charge in [0.05, 0.1) is 46.2 Å². The third kappa shape index (κ3) is 5.95. The predicted molar refractivity (Wildman–Crippen MR) is 171 cm³/mol. The molecule has 0 bridgehead atoms. The highest BCUT2D eigenvalue weighted by Gasteiger charge is 2.35. The Kier molecular flexibility index (Phi) is 9.96. The van der Waals surface area contributed by atoms with Crippen molar-refractivity contribution in [3.63, 3.8) is 0 Å². The third-order valence-corrected chi connectivity index (χ3v) is 9.01. The van der Waals surface area contributed by atoms with Crippen LogP contribution in [-0.2, 0) is 9.53 Å². The molecular formula is C27H22BrI2N3O6S. The second-order valence-corrected chi connectivity index (χ2v) is 12.6. The smallest absolute Gasteiger partial charge is 0.338 e. The Bertz CT molecular complexity index is 1760. The molecule has 13 heteroatoms. The minimum atomic E-state index is -0.850. The lowest BCUT2D eigenvalue weighted by Gasteiger charge is -2.26. The topological polar surface area (TPSA) is 112 Å². The van der Waals surface area contributed by atoms with Gasteiger partial charge in [-0.1, -0.05) is 27.3 Å². The number of nitrogens with zero attached hydrogens (tertiary/aromatic N) is 3. The third-order valence-electron chi connectivity index (χ3n) is 5.92. The van der Waals surface area contributed by atoms with Gasteiger partial charge in [-0.25, -0.2) is 9.79 Å². The van der Waals surface area contributed by atoms with Gasteiger partial charge in [0.15, 0.2) is 22.9 Å². The largest absolute Gasteiger partial charge is 0.493 e. The van der Waals surface area contributed by atoms with Crippen LogP contribution in [0.4, 0.5) is 0 Å². The zero-order chi connectivity index (χ0) is 29.1. The lowest BCUT2D eigenvalue weighted by molar-refractivity contribution is -0.139. The quantitative estimate of drug-likeness (QED) is 0.239. The molecule has 208 valence electrons. The van der Waals surface area contributed by atoms with Crippen molar-refractivity contribution in [2.24, 2.45) is 4.99 Å². The summed E-state index contributed by atoms with van der Waals surface area (Å²) < 4.78 is 26.3. The van der Waals surface area contributed by atoms with Crippen LogP contribution in [0, 0.1) is 18.5 Å². The summed E-state index contributed by atoms with van der Waals surface area (Å²) in [6, 6.07) is 8.41. The van der Waals surface area contributed by atoms with Crippen LogP contribution in [0.5, 0.6) is 17.2 Å². The van der Waals surface area contributed by atoms with E-state index >= 15 is 0 Å². The number of benzene rings is 2. The lowest BCUT2D eigenvalue weighted by Crippen LogP contribution is -2.40. The molecule has 0 N–H and O–H groups in total. The summed E-state index contributed by atoms with van der Waals surface area (Å²) in [6.45, 7) is 3.48. The molecule has 0 unspecified atom stereocenters. The number of nitriles is 1. The van der Waals surface area contributed by atoms with E-state index in [1.165, 1.54) is 30.1 Å². The number of ether oxygens (including phenoxy) is 4. The Morgan fingerprint density at radius 3 is 2.58 bits per heavy atom. The van der Waals surface area contributed by atoms with Gasteiger partial charge in [0, 0.05) is 13.6 Å². The molecule has 40 heavy (non-hydrogen) atoms. The number of carbonyl (C=O) groups is 1. The average Bonchev–Trinajstić information content (AvgIpc) is 3.21. The first-order chi connectivity index (χ1) is 19.1. The van der Waals surface area contributed by atoms with E-state index in [1.54, 1.807) is 32.1 Å². The normalized spacial score (nSPS) is 14.8. The standard InChI is InChI=1S/C27H22BrI2N3O6S/c1-5-38-26(35)22-13(2)32-27-33(23(22)16-11-19(36-3)20(37-4)12-17(16)28)25(34)21(40-27)9-14-8-15(29)10-18(30)24(14)39-7-6-31/h8-12,23H,5,7H2,1-4H3/b21-9-/t23-/m1/s1. The fourth-order valence-corrected chi connectivity index (χ4v) is 7.87. The predicted octanol–water partition coefficient (Wildman–Crippen LogP) is 4.69. The number of thiazole rings is 1. The van der Waals surface area contributed by atoms with Gasteiger partial charge in [-0.3, -0.25) is 9.36 Å². The molecule has 0 aliphatic carbocycles. The molecule has 0 saturated carbocycles. The Labute approximate surface area is 269 Å². The first-order valence-corrected chi connectivity index (χ1v) is 15.5. The molecule has 3 aromatic rings. The van der Waals surface area contributed by atoms with Crippen LogP contribution in [0.15, 0.2) is 49.8 Å². The summed E-state index contributed by atoms with van der Waals surface area (Å²) in [7, 11) is 3.05. The van der Waals surface area contributed by atoms with Crippen LogP contribution < -0.4 is 29.1 Å². The second-order valence-electron chi connectivity index (χ2n) is 8.28. The van der Waals surface area contributed by atoms with Crippen molar-refractivity contribution >= 4 is 84.5 Å². The molecule has 0 saturated heterocycles. The summed E-state index contributed by atoms with van der Waals surface area (Å²) in [5, 5.41) is 9.06. The van der Waals surface area contributed by atoms with E-state index < -0.39 is 12.0 Å². The number of halogens is 3. The maximum Gasteiger partial charge on any atom is 0.338 e. The van der Waals surface area contributed by atoms with Crippen LogP contribution in [0.25, 0.3) is 6.08 Å². The van der Waals surface area contributed by atoms with Gasteiger partial charge in [0.25, 0.3) is 5.56 Å². The molecule has 0 radical (unpaired) electrons. The van der Waals surface area contributed by atoms with Gasteiger partial charge in [-0.05, 0) is 94.9 Å². The van der Waals surface area contributed by atoms with Crippen LogP contribution in [0.2, 0.25) is 0 Å². The molecule has 1 aliphatic heterocycles. The number of hydrogen-bond acceptors (Lipinski definition) is 9. The lowest BCUT2D eigenvalue weighted by atomic mass is 9.95. The number of methoxy groups -OCH3 is 2. The van der Waals surface area contributed by atoms with E-state index in [4.69, 9.17) is 24.2 Å². The zero-order valence-electron chi connectivity index (χ0n) is 21.7. The summed E-state index contributed by atoms with van der Waals surface area (Å²) >= 11 is 9.14. The summed E-state index contributed by atoms with van der Waals surface area (Å²) in [5.41, 5.74) is 1.60. The first-order valence-electron chi connectivity index (χ1n) is 11.7. The van der Waals surface area contributed by atoms with Crippen molar-refractivity contribution in [1.82, 2.24) is 4.57 Å². The molecule has 0 fully saturated rings. The van der Waals surface area contributed by atoms with Crippen molar-refractivity contribution in [3.8, 4) is 23.3 Å². The molecule has 4 rings (SSSR count). The van der Waals surface area contributed by atoms with Gasteiger partial charge in [0.1, 0.15) is 11.8 Å². The number of fused-ring (bicyclic) bond motifs is 1. The maximum absolute atomic E-state index is 14.1. The first kappa shape index (κ1) is 30.5. The Hall–Kier alpha value is -2.42. The van der Waals surface area contributed by atoms with E-state index in [2.05, 4.69) is 66.1 Å². The van der Waals surface area contributed by atoms with Crippen LogP contribution in [0.3, 0.4) is 0 Å². The number of esters is 1. The molecule has 0 spiro atoms. The average molecular weight is 850 g/mol. The van der Waals surface area contributed by atoms with Crippen molar-refractivity contribution in [2.75, 3.05) is 27.4 Å². The number of allylic oxidation sites excluding steroid dienone is 1. The van der Waals surface area contributed by atoms with Gasteiger partial charge < -0.3 is 18.9 Å². The summed E-state index contributed by atoms with van der Waals surface area (Å²) in [6.07, 6.45) is 1.73. The molecule has 1 aromatic heterocycles. The van der Waals surface area contributed by atoms with E-state index in [9.17, 15) is 9.59 Å². The number of carbonyl (C=O) groups excluding carboxylic acids is 1. The molecule has 1 aliphatic rings. The Morgan fingerprint density at radius 1 is 1.23 bits per heavy atom. The van der Waals surface area contributed by atoms with Gasteiger partial charge >= 0.3 is 5.97 Å². The van der Waals surface area contributed by atoms with E-state index in [1.807, 2.05) is 18.2 Å². The van der Waals surface area contributed by atoms with Gasteiger partial charge in [-0.15, -0.1) is 0 Å². The minimum Gasteiger partial charge on any atom is -0.493 e. The highest BCUT2D eigenvalue weighted by molar-refractivity contribution is 14.1. The van der Waals surface area contributed by atoms with Crippen molar-refractivity contribution in [3.05, 3.63) is 78.0 Å². The van der Waals surface area contributed by atoms with Crippen LogP contribution in [0.1, 0.15) is 31.0 Å². The SMILES string of the molecule is CCOC(=O)C1=C(C)N=c2s/c(=C\c3cc(I)cc(I)c3OCC#N)c(=O)n2[C@@H]1c1cc(OC)c(OC)cc1Br. The van der Waals surface area contributed by atoms with E-state index in [-0.39, 0.29) is 24.3 Å². The Morgan fingerprint density at radius 2 is 1.93 bits per heavy atom. The molecular weight excluding hydrogens is 828 g/mol. The highest BCUT2D eigenvalue weighted by Crippen LogP contribution is 2.41. The molecule has 1 atom stereocenters. The molecule has 0 amide bonds. The molecule has 2 heterocycles. The number of rotatable bonds is 8. The zero-order valence-corrected chi connectivity index (χ0v) is 28.4. The second kappa shape index (κ2) is 13.0. The van der Waals surface area contributed by atoms with Crippen LogP contribution in [-0.4, -0.2) is 38.0 Å². The maximum atomic E-state index is 14.1. The summed E-state index contributed by atoms with van der Waals surface area (Å²) in [5.74, 6) is 0.871. The monoisotopic (exact) mass is 849 g/mol. The summed E-state index contributed by atoms with van der Waals surface area (Å²) in [4.78, 5) is 32.4. The fraction of sp³-hybridized carbons (Fsp3) is 0.259. The van der Waals surface area contributed by atoms with Gasteiger partial charge in [0.2, 0.25) is 0 Å². The van der Waals surface area contributed by atoms with Crippen molar-refractivity contribution in [1.29, 1.82) is 5.26 Å². The minimum absolute atomic E-state index is 0.131. The Balaban J connectivity index is 2.02. The van der Waals surface area contributed by atoms with Crippen molar-refractivity contribution < 1.29 is 23.7 Å². The van der Waals surface area contributed by atoms with Crippen LogP contribution >= 0.6 is 72.4 Å². The van der Waals surface area contributed by atoms with Gasteiger partial charge in [-0.2, -0.15) is 5.26 Å².